The summed E-state index contributed by atoms with van der Waals surface area (Å²) in [5.41, 5.74) is 9.42. The van der Waals surface area contributed by atoms with Crippen molar-refractivity contribution in [3.8, 4) is 11.3 Å². The highest BCUT2D eigenvalue weighted by Crippen LogP contribution is 2.40. The number of nitrogens with two attached hydrogens (primary N) is 1. The van der Waals surface area contributed by atoms with Crippen LogP contribution in [0.25, 0.3) is 11.3 Å². The van der Waals surface area contributed by atoms with Gasteiger partial charge in [0, 0.05) is 25.7 Å². The van der Waals surface area contributed by atoms with Crippen molar-refractivity contribution in [3.63, 3.8) is 0 Å². The van der Waals surface area contributed by atoms with E-state index in [0.717, 1.165) is 23.4 Å². The van der Waals surface area contributed by atoms with Crippen LogP contribution < -0.4 is 11.1 Å². The molecule has 1 aromatic heterocycles. The standard InChI is InChI=1S/C35H61N5O4Si2/c1-14-40-29(19-20-37-40)26-17-15-25(16-18-26)28(23-43-45(10,11)34(4,5)6)38-32(41)30-21-27(44-46(12,13)35(7,8)9)22-39(30)33(42)31(36)24(2)3/h15-20,24,27-28,30-31H,14,21-23,36H2,1-13H3,(H,38,41)/t27-,28-,30+,31+/m1/s1. The molecule has 1 aromatic carbocycles. The second-order valence-corrected chi connectivity index (χ2v) is 25.9. The number of amides is 2. The number of aryl methyl sites for hydroxylation is 1. The normalized spacial score (nSPS) is 19.4. The van der Waals surface area contributed by atoms with Crippen LogP contribution in [0.4, 0.5) is 0 Å². The predicted molar refractivity (Wildman–Crippen MR) is 192 cm³/mol. The van der Waals surface area contributed by atoms with Crippen molar-refractivity contribution in [1.29, 1.82) is 0 Å². The Bertz CT molecular complexity index is 1330. The summed E-state index contributed by atoms with van der Waals surface area (Å²) in [5, 5.41) is 7.73. The van der Waals surface area contributed by atoms with Crippen LogP contribution in [0.1, 0.15) is 80.3 Å². The van der Waals surface area contributed by atoms with Gasteiger partial charge in [-0.05, 0) is 66.3 Å². The zero-order valence-corrected chi connectivity index (χ0v) is 32.7. The summed E-state index contributed by atoms with van der Waals surface area (Å²) in [6.07, 6.45) is 2.01. The third-order valence-electron chi connectivity index (χ3n) is 10.5. The summed E-state index contributed by atoms with van der Waals surface area (Å²) >= 11 is 0. The number of hydrogen-bond donors (Lipinski definition) is 2. The van der Waals surface area contributed by atoms with Gasteiger partial charge in [0.15, 0.2) is 16.6 Å². The fourth-order valence-corrected chi connectivity index (χ4v) is 7.53. The second kappa shape index (κ2) is 14.4. The Morgan fingerprint density at radius 1 is 1.00 bits per heavy atom. The van der Waals surface area contributed by atoms with Gasteiger partial charge in [-0.25, -0.2) is 0 Å². The Morgan fingerprint density at radius 3 is 2.11 bits per heavy atom. The highest BCUT2D eigenvalue weighted by Gasteiger charge is 2.47. The molecule has 1 aliphatic heterocycles. The van der Waals surface area contributed by atoms with Crippen LogP contribution in [0.15, 0.2) is 36.5 Å². The van der Waals surface area contributed by atoms with Crippen molar-refractivity contribution in [2.75, 3.05) is 13.2 Å². The molecular weight excluding hydrogens is 611 g/mol. The van der Waals surface area contributed by atoms with Gasteiger partial charge < -0.3 is 24.8 Å². The van der Waals surface area contributed by atoms with Crippen molar-refractivity contribution >= 4 is 28.4 Å². The molecule has 0 aliphatic carbocycles. The lowest BCUT2D eigenvalue weighted by Gasteiger charge is -2.38. The molecule has 2 aromatic rings. The van der Waals surface area contributed by atoms with Crippen molar-refractivity contribution in [3.05, 3.63) is 42.1 Å². The maximum Gasteiger partial charge on any atom is 0.243 e. The first-order valence-corrected chi connectivity index (χ1v) is 22.7. The summed E-state index contributed by atoms with van der Waals surface area (Å²) in [5.74, 6) is -0.463. The summed E-state index contributed by atoms with van der Waals surface area (Å²) < 4.78 is 15.4. The van der Waals surface area contributed by atoms with Crippen LogP contribution >= 0.6 is 0 Å². The summed E-state index contributed by atoms with van der Waals surface area (Å²) in [6.45, 7) is 29.5. The third kappa shape index (κ3) is 8.77. The van der Waals surface area contributed by atoms with Gasteiger partial charge >= 0.3 is 0 Å². The molecule has 258 valence electrons. The Balaban J connectivity index is 1.94. The lowest BCUT2D eigenvalue weighted by Crippen LogP contribution is -2.53. The molecule has 1 fully saturated rings. The molecule has 3 N–H and O–H groups in total. The maximum atomic E-state index is 14.3. The molecule has 2 heterocycles. The average Bonchev–Trinajstić information content (AvgIpc) is 3.60. The Hall–Kier alpha value is -2.32. The van der Waals surface area contributed by atoms with E-state index in [0.29, 0.717) is 19.6 Å². The second-order valence-electron chi connectivity index (χ2n) is 16.3. The third-order valence-corrected chi connectivity index (χ3v) is 19.5. The first-order chi connectivity index (χ1) is 21.1. The number of benzene rings is 1. The fourth-order valence-electron chi connectivity index (χ4n) is 5.16. The minimum absolute atomic E-state index is 0.00366. The van der Waals surface area contributed by atoms with Crippen molar-refractivity contribution in [2.45, 2.75) is 136 Å². The van der Waals surface area contributed by atoms with Gasteiger partial charge in [-0.3, -0.25) is 14.3 Å². The molecule has 0 spiro atoms. The number of nitrogens with one attached hydrogen (secondary N) is 1. The minimum Gasteiger partial charge on any atom is -0.414 e. The molecule has 2 amide bonds. The Kier molecular flexibility index (Phi) is 12.0. The number of carbonyl (C=O) groups excluding carboxylic acids is 2. The Morgan fingerprint density at radius 2 is 1.59 bits per heavy atom. The SMILES string of the molecule is CCn1nccc1-c1ccc([C@@H](CO[Si](C)(C)C(C)(C)C)NC(=O)[C@@H]2C[C@@H](O[Si](C)(C)C(C)(C)C)CN2C(=O)[C@@H](N)C(C)C)cc1. The maximum absolute atomic E-state index is 14.3. The molecule has 0 radical (unpaired) electrons. The van der Waals surface area contributed by atoms with E-state index >= 15 is 0 Å². The summed E-state index contributed by atoms with van der Waals surface area (Å²) in [4.78, 5) is 29.6. The topological polar surface area (TPSA) is 112 Å². The number of likely N-dealkylation sites (tertiary alicyclic amines) is 1. The van der Waals surface area contributed by atoms with E-state index in [1.54, 1.807) is 4.90 Å². The average molecular weight is 672 g/mol. The highest BCUT2D eigenvalue weighted by atomic mass is 28.4. The number of nitrogens with zero attached hydrogens (tertiary/aromatic N) is 3. The van der Waals surface area contributed by atoms with E-state index in [2.05, 4.69) is 109 Å². The zero-order valence-electron chi connectivity index (χ0n) is 30.7. The summed E-state index contributed by atoms with van der Waals surface area (Å²) in [6, 6.07) is 8.48. The predicted octanol–water partition coefficient (Wildman–Crippen LogP) is 6.72. The molecule has 9 nitrogen and oxygen atoms in total. The number of aromatic nitrogens is 2. The lowest BCUT2D eigenvalue weighted by atomic mass is 10.0. The fraction of sp³-hybridized carbons (Fsp3) is 0.686. The molecule has 11 heteroatoms. The summed E-state index contributed by atoms with van der Waals surface area (Å²) in [7, 11) is -4.27. The first-order valence-electron chi connectivity index (χ1n) is 16.9. The molecule has 1 aliphatic rings. The van der Waals surface area contributed by atoms with E-state index in [1.807, 2.05) is 30.8 Å². The van der Waals surface area contributed by atoms with Gasteiger partial charge in [-0.1, -0.05) is 79.7 Å². The number of rotatable bonds is 12. The Labute approximate surface area is 280 Å². The van der Waals surface area contributed by atoms with E-state index < -0.39 is 34.8 Å². The monoisotopic (exact) mass is 671 g/mol. The van der Waals surface area contributed by atoms with Gasteiger partial charge in [0.1, 0.15) is 6.04 Å². The van der Waals surface area contributed by atoms with Crippen LogP contribution in [0.2, 0.25) is 36.3 Å². The van der Waals surface area contributed by atoms with Crippen LogP contribution in [0, 0.1) is 5.92 Å². The van der Waals surface area contributed by atoms with Gasteiger partial charge in [0.05, 0.1) is 30.5 Å². The van der Waals surface area contributed by atoms with Crippen LogP contribution in [0.3, 0.4) is 0 Å². The largest absolute Gasteiger partial charge is 0.414 e. The smallest absolute Gasteiger partial charge is 0.243 e. The van der Waals surface area contributed by atoms with Gasteiger partial charge in [0.25, 0.3) is 0 Å². The number of hydrogen-bond acceptors (Lipinski definition) is 6. The van der Waals surface area contributed by atoms with Crippen LogP contribution in [0.5, 0.6) is 0 Å². The van der Waals surface area contributed by atoms with Crippen LogP contribution in [-0.2, 0) is 25.0 Å². The van der Waals surface area contributed by atoms with Crippen molar-refractivity contribution < 1.29 is 18.4 Å². The molecule has 0 saturated carbocycles. The molecule has 0 bridgehead atoms. The van der Waals surface area contributed by atoms with Gasteiger partial charge in [-0.2, -0.15) is 5.10 Å². The zero-order chi connectivity index (χ0) is 34.8. The highest BCUT2D eigenvalue weighted by molar-refractivity contribution is 6.74. The first kappa shape index (κ1) is 38.1. The van der Waals surface area contributed by atoms with Gasteiger partial charge in [-0.15, -0.1) is 0 Å². The molecule has 4 atom stereocenters. The van der Waals surface area contributed by atoms with E-state index in [-0.39, 0.29) is 33.9 Å². The minimum atomic E-state index is -2.14. The van der Waals surface area contributed by atoms with E-state index in [4.69, 9.17) is 14.6 Å². The van der Waals surface area contributed by atoms with Gasteiger partial charge in [0.2, 0.25) is 11.8 Å². The molecule has 0 unspecified atom stereocenters. The molecule has 1 saturated heterocycles. The molecular formula is C35H61N5O4Si2. The molecule has 3 rings (SSSR count). The van der Waals surface area contributed by atoms with Crippen molar-refractivity contribution in [1.82, 2.24) is 20.0 Å². The lowest BCUT2D eigenvalue weighted by molar-refractivity contribution is -0.140. The quantitative estimate of drug-likeness (QED) is 0.242. The van der Waals surface area contributed by atoms with Crippen LogP contribution in [-0.4, -0.2) is 74.5 Å². The molecule has 46 heavy (non-hydrogen) atoms. The number of carbonyl (C=O) groups is 2. The van der Waals surface area contributed by atoms with E-state index in [1.165, 1.54) is 0 Å². The van der Waals surface area contributed by atoms with E-state index in [9.17, 15) is 9.59 Å². The van der Waals surface area contributed by atoms with Crippen molar-refractivity contribution in [2.24, 2.45) is 11.7 Å².